The Hall–Kier alpha value is -1.40. The normalized spacial score (nSPS) is 20.4. The summed E-state index contributed by atoms with van der Waals surface area (Å²) in [5.74, 6) is -0.442. The monoisotopic (exact) mass is 367 g/mol. The summed E-state index contributed by atoms with van der Waals surface area (Å²) in [7, 11) is 0. The minimum atomic E-state index is -0.272. The Morgan fingerprint density at radius 2 is 2.18 bits per heavy atom. The van der Waals surface area contributed by atoms with E-state index in [0.717, 1.165) is 29.4 Å². The summed E-state index contributed by atoms with van der Waals surface area (Å²) < 4.78 is 0.981. The molecule has 0 spiro atoms. The number of nitrogens with one attached hydrogen (secondary N) is 1. The number of likely N-dealkylation sites (tertiary alicyclic amines) is 1. The summed E-state index contributed by atoms with van der Waals surface area (Å²) >= 11 is 3.50. The number of hydrogen-bond acceptors (Lipinski definition) is 3. The van der Waals surface area contributed by atoms with Crippen molar-refractivity contribution in [2.24, 2.45) is 11.7 Å². The van der Waals surface area contributed by atoms with Gasteiger partial charge in [-0.1, -0.05) is 34.1 Å². The number of benzene rings is 1. The van der Waals surface area contributed by atoms with Crippen LogP contribution in [0.4, 0.5) is 0 Å². The molecule has 1 aliphatic rings. The van der Waals surface area contributed by atoms with Gasteiger partial charge in [-0.2, -0.15) is 0 Å². The highest BCUT2D eigenvalue weighted by atomic mass is 79.9. The molecule has 6 heteroatoms. The van der Waals surface area contributed by atoms with Gasteiger partial charge < -0.3 is 11.1 Å². The molecule has 0 bridgehead atoms. The van der Waals surface area contributed by atoms with Gasteiger partial charge in [0.05, 0.1) is 18.5 Å². The van der Waals surface area contributed by atoms with Crippen molar-refractivity contribution >= 4 is 27.7 Å². The molecule has 0 unspecified atom stereocenters. The zero-order valence-electron chi connectivity index (χ0n) is 12.7. The van der Waals surface area contributed by atoms with Gasteiger partial charge in [0.2, 0.25) is 11.8 Å². The second-order valence-electron chi connectivity index (χ2n) is 5.79. The maximum atomic E-state index is 12.2. The summed E-state index contributed by atoms with van der Waals surface area (Å²) in [5, 5.41) is 3.00. The summed E-state index contributed by atoms with van der Waals surface area (Å²) in [6.07, 6.45) is 1.72. The number of halogens is 1. The minimum Gasteiger partial charge on any atom is -0.369 e. The topological polar surface area (TPSA) is 75.4 Å². The van der Waals surface area contributed by atoms with Gasteiger partial charge in [0, 0.05) is 11.0 Å². The molecule has 1 saturated heterocycles. The number of rotatable bonds is 5. The fraction of sp³-hybridized carbons (Fsp3) is 0.500. The van der Waals surface area contributed by atoms with Crippen molar-refractivity contribution in [1.82, 2.24) is 10.2 Å². The summed E-state index contributed by atoms with van der Waals surface area (Å²) in [6.45, 7) is 3.67. The first kappa shape index (κ1) is 17.0. The molecule has 0 aromatic heterocycles. The van der Waals surface area contributed by atoms with Gasteiger partial charge in [-0.15, -0.1) is 0 Å². The fourth-order valence-corrected chi connectivity index (χ4v) is 3.45. The Kier molecular flexibility index (Phi) is 5.97. The van der Waals surface area contributed by atoms with Crippen molar-refractivity contribution in [1.29, 1.82) is 0 Å². The highest BCUT2D eigenvalue weighted by molar-refractivity contribution is 9.10. The Labute approximate surface area is 139 Å². The standard InChI is InChI=1S/C16H22BrN3O2/c1-11(13-6-2-3-7-14(13)17)19-15(21)10-20-8-4-5-12(9-20)16(18)22/h2-3,6-7,11-12H,4-5,8-10H2,1H3,(H2,18,22)(H,19,21)/t11-,12-/m0/s1. The van der Waals surface area contributed by atoms with Crippen LogP contribution in [0.25, 0.3) is 0 Å². The second kappa shape index (κ2) is 7.74. The molecular formula is C16H22BrN3O2. The molecule has 3 N–H and O–H groups in total. The summed E-state index contributed by atoms with van der Waals surface area (Å²) in [5.41, 5.74) is 6.41. The number of carbonyl (C=O) groups excluding carboxylic acids is 2. The molecule has 0 aliphatic carbocycles. The van der Waals surface area contributed by atoms with Crippen LogP contribution in [0.5, 0.6) is 0 Å². The van der Waals surface area contributed by atoms with Crippen molar-refractivity contribution in [3.63, 3.8) is 0 Å². The second-order valence-corrected chi connectivity index (χ2v) is 6.64. The van der Waals surface area contributed by atoms with Gasteiger partial charge in [-0.3, -0.25) is 14.5 Å². The first-order chi connectivity index (χ1) is 10.5. The lowest BCUT2D eigenvalue weighted by molar-refractivity contribution is -0.127. The molecule has 2 atom stereocenters. The molecule has 2 rings (SSSR count). The lowest BCUT2D eigenvalue weighted by atomic mass is 9.97. The third-order valence-electron chi connectivity index (χ3n) is 4.02. The minimum absolute atomic E-state index is 0.0339. The van der Waals surface area contributed by atoms with Crippen LogP contribution < -0.4 is 11.1 Å². The van der Waals surface area contributed by atoms with E-state index in [1.165, 1.54) is 0 Å². The smallest absolute Gasteiger partial charge is 0.234 e. The van der Waals surface area contributed by atoms with Crippen LogP contribution in [-0.4, -0.2) is 36.3 Å². The first-order valence-electron chi connectivity index (χ1n) is 7.53. The average molecular weight is 368 g/mol. The van der Waals surface area contributed by atoms with Crippen LogP contribution in [-0.2, 0) is 9.59 Å². The van der Waals surface area contributed by atoms with E-state index in [1.807, 2.05) is 36.1 Å². The van der Waals surface area contributed by atoms with Gasteiger partial charge in [0.15, 0.2) is 0 Å². The van der Waals surface area contributed by atoms with Crippen LogP contribution in [0.3, 0.4) is 0 Å². The number of piperidine rings is 1. The Balaban J connectivity index is 1.87. The van der Waals surface area contributed by atoms with E-state index < -0.39 is 0 Å². The van der Waals surface area contributed by atoms with E-state index in [2.05, 4.69) is 21.2 Å². The molecule has 120 valence electrons. The molecular weight excluding hydrogens is 346 g/mol. The van der Waals surface area contributed by atoms with E-state index >= 15 is 0 Å². The van der Waals surface area contributed by atoms with E-state index in [1.54, 1.807) is 0 Å². The lowest BCUT2D eigenvalue weighted by Gasteiger charge is -2.30. The number of nitrogens with two attached hydrogens (primary N) is 1. The van der Waals surface area contributed by atoms with E-state index in [0.29, 0.717) is 13.1 Å². The van der Waals surface area contributed by atoms with Crippen molar-refractivity contribution in [3.05, 3.63) is 34.3 Å². The first-order valence-corrected chi connectivity index (χ1v) is 8.32. The molecule has 1 aromatic rings. The third-order valence-corrected chi connectivity index (χ3v) is 4.75. The van der Waals surface area contributed by atoms with Gasteiger partial charge in [-0.25, -0.2) is 0 Å². The quantitative estimate of drug-likeness (QED) is 0.833. The largest absolute Gasteiger partial charge is 0.369 e. The Bertz CT molecular complexity index is 550. The van der Waals surface area contributed by atoms with Crippen LogP contribution in [0, 0.1) is 5.92 Å². The van der Waals surface area contributed by atoms with E-state index in [-0.39, 0.29) is 23.8 Å². The molecule has 1 aliphatic heterocycles. The number of amides is 2. The predicted octanol–water partition coefficient (Wildman–Crippen LogP) is 1.82. The predicted molar refractivity (Wildman–Crippen MR) is 89.1 cm³/mol. The molecule has 22 heavy (non-hydrogen) atoms. The number of primary amides is 1. The molecule has 1 aromatic carbocycles. The zero-order valence-corrected chi connectivity index (χ0v) is 14.3. The van der Waals surface area contributed by atoms with Crippen LogP contribution >= 0.6 is 15.9 Å². The van der Waals surface area contributed by atoms with Crippen molar-refractivity contribution in [2.45, 2.75) is 25.8 Å². The van der Waals surface area contributed by atoms with E-state index in [9.17, 15) is 9.59 Å². The van der Waals surface area contributed by atoms with Crippen molar-refractivity contribution in [3.8, 4) is 0 Å². The zero-order chi connectivity index (χ0) is 16.1. The molecule has 2 amide bonds. The number of nitrogens with zero attached hydrogens (tertiary/aromatic N) is 1. The van der Waals surface area contributed by atoms with Crippen molar-refractivity contribution < 1.29 is 9.59 Å². The van der Waals surface area contributed by atoms with Crippen molar-refractivity contribution in [2.75, 3.05) is 19.6 Å². The number of carbonyl (C=O) groups is 2. The maximum absolute atomic E-state index is 12.2. The highest BCUT2D eigenvalue weighted by Gasteiger charge is 2.25. The Morgan fingerprint density at radius 3 is 2.86 bits per heavy atom. The lowest BCUT2D eigenvalue weighted by Crippen LogP contribution is -2.45. The fourth-order valence-electron chi connectivity index (χ4n) is 2.83. The Morgan fingerprint density at radius 1 is 1.45 bits per heavy atom. The van der Waals surface area contributed by atoms with Gasteiger partial charge in [0.25, 0.3) is 0 Å². The maximum Gasteiger partial charge on any atom is 0.234 e. The van der Waals surface area contributed by atoms with Crippen LogP contribution in [0.1, 0.15) is 31.4 Å². The highest BCUT2D eigenvalue weighted by Crippen LogP contribution is 2.22. The van der Waals surface area contributed by atoms with Gasteiger partial charge in [-0.05, 0) is 37.9 Å². The molecule has 5 nitrogen and oxygen atoms in total. The number of hydrogen-bond donors (Lipinski definition) is 2. The van der Waals surface area contributed by atoms with Crippen LogP contribution in [0.15, 0.2) is 28.7 Å². The van der Waals surface area contributed by atoms with Gasteiger partial charge in [0.1, 0.15) is 0 Å². The SMILES string of the molecule is C[C@H](NC(=O)CN1CCC[C@H](C(N)=O)C1)c1ccccc1Br. The summed E-state index contributed by atoms with van der Waals surface area (Å²) in [4.78, 5) is 25.5. The van der Waals surface area contributed by atoms with Crippen LogP contribution in [0.2, 0.25) is 0 Å². The third kappa shape index (κ3) is 4.55. The molecule has 0 saturated carbocycles. The van der Waals surface area contributed by atoms with Gasteiger partial charge >= 0.3 is 0 Å². The average Bonchev–Trinajstić information content (AvgIpc) is 2.47. The molecule has 1 fully saturated rings. The molecule has 1 heterocycles. The van der Waals surface area contributed by atoms with E-state index in [4.69, 9.17) is 5.73 Å². The molecule has 0 radical (unpaired) electrons. The summed E-state index contributed by atoms with van der Waals surface area (Å²) in [6, 6.07) is 7.77.